The number of aromatic nitrogens is 1. The lowest BCUT2D eigenvalue weighted by atomic mass is 10.2. The van der Waals surface area contributed by atoms with Crippen LogP contribution in [0, 0.1) is 6.92 Å². The molecule has 0 fully saturated rings. The molecule has 0 aliphatic rings. The molecule has 0 aliphatic carbocycles. The Bertz CT molecular complexity index is 984. The van der Waals surface area contributed by atoms with Crippen LogP contribution in [0.3, 0.4) is 0 Å². The first-order chi connectivity index (χ1) is 13.6. The minimum atomic E-state index is -0.353. The molecule has 0 spiro atoms. The van der Waals surface area contributed by atoms with E-state index in [1.807, 2.05) is 55.5 Å². The molecule has 5 nitrogen and oxygen atoms in total. The molecule has 0 N–H and O–H groups in total. The molecule has 0 unspecified atom stereocenters. The van der Waals surface area contributed by atoms with Crippen molar-refractivity contribution in [1.82, 2.24) is 4.98 Å². The quantitative estimate of drug-likeness (QED) is 0.235. The number of benzene rings is 2. The number of aryl methyl sites for hydroxylation is 1. The van der Waals surface area contributed by atoms with Gasteiger partial charge in [-0.25, -0.2) is 9.78 Å². The van der Waals surface area contributed by atoms with Crippen LogP contribution in [0.2, 0.25) is 0 Å². The molecule has 28 heavy (non-hydrogen) atoms. The molecule has 1 aromatic heterocycles. The Kier molecular flexibility index (Phi) is 6.84. The predicted molar refractivity (Wildman–Crippen MR) is 114 cm³/mol. The Morgan fingerprint density at radius 3 is 2.54 bits per heavy atom. The third-order valence-corrected chi connectivity index (χ3v) is 6.28. The van der Waals surface area contributed by atoms with Gasteiger partial charge in [0.05, 0.1) is 23.2 Å². The number of rotatable bonds is 7. The van der Waals surface area contributed by atoms with E-state index in [0.717, 1.165) is 31.7 Å². The van der Waals surface area contributed by atoms with E-state index in [9.17, 15) is 4.79 Å². The number of hydrogen-bond acceptors (Lipinski definition) is 7. The molecule has 1 heterocycles. The van der Waals surface area contributed by atoms with E-state index < -0.39 is 0 Å². The third-order valence-electron chi connectivity index (χ3n) is 3.94. The van der Waals surface area contributed by atoms with Gasteiger partial charge in [-0.1, -0.05) is 47.6 Å². The van der Waals surface area contributed by atoms with Crippen molar-refractivity contribution in [1.29, 1.82) is 0 Å². The Balaban J connectivity index is 1.86. The molecular formula is C21H20N2O3S2. The Labute approximate surface area is 172 Å². The molecule has 3 rings (SSSR count). The van der Waals surface area contributed by atoms with Crippen LogP contribution in [0.1, 0.15) is 20.9 Å². The molecule has 0 radical (unpaired) electrons. The molecular weight excluding hydrogens is 392 g/mol. The van der Waals surface area contributed by atoms with Crippen molar-refractivity contribution in [2.75, 3.05) is 20.0 Å². The van der Waals surface area contributed by atoms with Crippen LogP contribution < -0.4 is 0 Å². The summed E-state index contributed by atoms with van der Waals surface area (Å²) < 4.78 is 4.87. The molecule has 0 bridgehead atoms. The smallest absolute Gasteiger partial charge is 0.338 e. The zero-order chi connectivity index (χ0) is 19.9. The lowest BCUT2D eigenvalue weighted by Crippen LogP contribution is -2.07. The number of nitrogens with zero attached hydrogens (tertiary/aromatic N) is 2. The van der Waals surface area contributed by atoms with Crippen LogP contribution >= 0.6 is 23.1 Å². The maximum Gasteiger partial charge on any atom is 0.338 e. The van der Waals surface area contributed by atoms with Gasteiger partial charge in [0.25, 0.3) is 0 Å². The number of carbonyl (C=O) groups excluding carboxylic acids is 1. The number of carbonyl (C=O) groups is 1. The summed E-state index contributed by atoms with van der Waals surface area (Å²) in [5.41, 5.74) is 3.30. The zero-order valence-electron chi connectivity index (χ0n) is 15.8. The highest BCUT2D eigenvalue weighted by Gasteiger charge is 2.18. The van der Waals surface area contributed by atoms with Crippen molar-refractivity contribution in [3.05, 3.63) is 70.7 Å². The van der Waals surface area contributed by atoms with Crippen LogP contribution in [-0.2, 0) is 9.57 Å². The van der Waals surface area contributed by atoms with E-state index in [2.05, 4.69) is 5.16 Å². The monoisotopic (exact) mass is 412 g/mol. The van der Waals surface area contributed by atoms with Crippen LogP contribution in [0.5, 0.6) is 0 Å². The van der Waals surface area contributed by atoms with E-state index in [-0.39, 0.29) is 5.97 Å². The number of oxime groups is 1. The maximum atomic E-state index is 12.0. The van der Waals surface area contributed by atoms with Crippen molar-refractivity contribution in [2.45, 2.75) is 11.8 Å². The third kappa shape index (κ3) is 4.61. The topological polar surface area (TPSA) is 60.8 Å². The van der Waals surface area contributed by atoms with Gasteiger partial charge in [-0.15, -0.1) is 23.1 Å². The van der Waals surface area contributed by atoms with Gasteiger partial charge >= 0.3 is 5.97 Å². The van der Waals surface area contributed by atoms with Crippen molar-refractivity contribution in [3.63, 3.8) is 0 Å². The minimum absolute atomic E-state index is 0.353. The van der Waals surface area contributed by atoms with Crippen LogP contribution in [0.15, 0.2) is 64.6 Å². The van der Waals surface area contributed by atoms with Crippen molar-refractivity contribution in [3.8, 4) is 10.6 Å². The normalized spacial score (nSPS) is 11.3. The van der Waals surface area contributed by atoms with Crippen molar-refractivity contribution < 1.29 is 14.4 Å². The molecule has 7 heteroatoms. The van der Waals surface area contributed by atoms with Gasteiger partial charge in [0, 0.05) is 16.2 Å². The summed E-state index contributed by atoms with van der Waals surface area (Å²) in [5, 5.41) is 5.16. The first kappa shape index (κ1) is 20.1. The number of thioether (sulfide) groups is 1. The van der Waals surface area contributed by atoms with Crippen molar-refractivity contribution >= 4 is 34.8 Å². The standard InChI is InChI=1S/C21H20N2O3S2/c1-14-19(28-20(22-14)15-9-5-4-6-10-15)17(23-26-3)13-27-18-12-8-7-11-16(18)21(24)25-2/h4-12H,13H2,1-3H3/b23-17+. The Morgan fingerprint density at radius 1 is 1.11 bits per heavy atom. The van der Waals surface area contributed by atoms with Gasteiger partial charge < -0.3 is 9.57 Å². The first-order valence-electron chi connectivity index (χ1n) is 8.57. The molecule has 144 valence electrons. The summed E-state index contributed by atoms with van der Waals surface area (Å²) in [6, 6.07) is 17.4. The number of methoxy groups -OCH3 is 1. The second-order valence-corrected chi connectivity index (χ2v) is 7.81. The van der Waals surface area contributed by atoms with Gasteiger partial charge in [0.15, 0.2) is 0 Å². The zero-order valence-corrected chi connectivity index (χ0v) is 17.5. The summed E-state index contributed by atoms with van der Waals surface area (Å²) >= 11 is 3.10. The fraction of sp³-hybridized carbons (Fsp3) is 0.190. The molecule has 0 atom stereocenters. The molecule has 0 aliphatic heterocycles. The van der Waals surface area contributed by atoms with Gasteiger partial charge in [-0.2, -0.15) is 0 Å². The fourth-order valence-electron chi connectivity index (χ4n) is 2.63. The van der Waals surface area contributed by atoms with E-state index in [4.69, 9.17) is 14.6 Å². The highest BCUT2D eigenvalue weighted by Crippen LogP contribution is 2.31. The predicted octanol–water partition coefficient (Wildman–Crippen LogP) is 5.05. The molecule has 0 amide bonds. The second-order valence-electron chi connectivity index (χ2n) is 5.80. The lowest BCUT2D eigenvalue weighted by molar-refractivity contribution is 0.0597. The van der Waals surface area contributed by atoms with Gasteiger partial charge in [0.2, 0.25) is 0 Å². The van der Waals surface area contributed by atoms with Crippen molar-refractivity contribution in [2.24, 2.45) is 5.16 Å². The number of esters is 1. The van der Waals surface area contributed by atoms with Crippen LogP contribution in [0.4, 0.5) is 0 Å². The number of ether oxygens (including phenoxy) is 1. The lowest BCUT2D eigenvalue weighted by Gasteiger charge is -2.08. The second kappa shape index (κ2) is 9.52. The summed E-state index contributed by atoms with van der Waals surface area (Å²) in [7, 11) is 2.91. The van der Waals surface area contributed by atoms with Gasteiger partial charge in [0.1, 0.15) is 17.8 Å². The molecule has 3 aromatic rings. The largest absolute Gasteiger partial charge is 0.465 e. The number of hydrogen-bond donors (Lipinski definition) is 0. The Hall–Kier alpha value is -2.64. The van der Waals surface area contributed by atoms with E-state index in [1.54, 1.807) is 17.4 Å². The van der Waals surface area contributed by atoms with E-state index >= 15 is 0 Å². The summed E-state index contributed by atoms with van der Waals surface area (Å²) in [6.07, 6.45) is 0. The molecule has 0 saturated carbocycles. The average molecular weight is 413 g/mol. The van der Waals surface area contributed by atoms with E-state index in [0.29, 0.717) is 11.3 Å². The minimum Gasteiger partial charge on any atom is -0.465 e. The highest BCUT2D eigenvalue weighted by molar-refractivity contribution is 8.00. The summed E-state index contributed by atoms with van der Waals surface area (Å²) in [5.74, 6) is 0.188. The first-order valence-corrected chi connectivity index (χ1v) is 10.4. The molecule has 2 aromatic carbocycles. The van der Waals surface area contributed by atoms with Crippen LogP contribution in [0.25, 0.3) is 10.6 Å². The summed E-state index contributed by atoms with van der Waals surface area (Å²) in [6.45, 7) is 1.97. The Morgan fingerprint density at radius 2 is 1.82 bits per heavy atom. The number of thiazole rings is 1. The van der Waals surface area contributed by atoms with Gasteiger partial charge in [-0.3, -0.25) is 0 Å². The maximum absolute atomic E-state index is 12.0. The van der Waals surface area contributed by atoms with Crippen LogP contribution in [-0.4, -0.2) is 36.6 Å². The van der Waals surface area contributed by atoms with E-state index in [1.165, 1.54) is 26.0 Å². The average Bonchev–Trinajstić information content (AvgIpc) is 3.13. The molecule has 0 saturated heterocycles. The summed E-state index contributed by atoms with van der Waals surface area (Å²) in [4.78, 5) is 23.6. The highest BCUT2D eigenvalue weighted by atomic mass is 32.2. The fourth-order valence-corrected chi connectivity index (χ4v) is 4.74. The van der Waals surface area contributed by atoms with Gasteiger partial charge in [-0.05, 0) is 19.1 Å². The SMILES string of the molecule is CO/N=C(\CSc1ccccc1C(=O)OC)c1sc(-c2ccccc2)nc1C.